The molecule has 0 aliphatic heterocycles. The molecule has 0 saturated heterocycles. The molecule has 0 aromatic rings. The molecule has 0 amide bonds. The van der Waals surface area contributed by atoms with Gasteiger partial charge in [-0.2, -0.15) is 0 Å². The Labute approximate surface area is 51.0 Å². The molecule has 0 rings (SSSR count). The zero-order valence-corrected chi connectivity index (χ0v) is 6.43. The van der Waals surface area contributed by atoms with Gasteiger partial charge in [0.1, 0.15) is 0 Å². The fourth-order valence-corrected chi connectivity index (χ4v) is 0.560. The molecule has 0 unspecified atom stereocenters. The zero-order chi connectivity index (χ0) is 4.99. The van der Waals surface area contributed by atoms with Gasteiger partial charge < -0.3 is 0 Å². The standard InChI is InChI=1S/C3H3O2.Po.H/c1-2-3(4)5;;/h1-2H,(H,4,5);;. The molecule has 0 spiro atoms. The molecule has 0 aromatic heterocycles. The summed E-state index contributed by atoms with van der Waals surface area (Å²) in [4.78, 5) is 9.53. The average molecular weight is 281 g/mol. The van der Waals surface area contributed by atoms with E-state index in [0.29, 0.717) is 0 Å². The Hall–Kier alpha value is 0.106. The molecule has 3 heteroatoms. The summed E-state index contributed by atoms with van der Waals surface area (Å²) in [6, 6.07) is 0. The number of hydrogen-bond acceptors (Lipinski definition) is 1. The van der Waals surface area contributed by atoms with E-state index in [0.717, 1.165) is 31.1 Å². The Balaban J connectivity index is 3.30. The number of aliphatic carboxylic acids is 1. The van der Waals surface area contributed by atoms with Crippen LogP contribution >= 0.6 is 0 Å². The van der Waals surface area contributed by atoms with Gasteiger partial charge in [-0.25, -0.2) is 0 Å². The molecule has 0 heterocycles. The van der Waals surface area contributed by atoms with Crippen LogP contribution in [-0.2, 0) is 4.79 Å². The molecule has 2 nitrogen and oxygen atoms in total. The fraction of sp³-hybridized carbons (Fsp3) is 0. The van der Waals surface area contributed by atoms with Crippen LogP contribution in [0.5, 0.6) is 0 Å². The second kappa shape index (κ2) is 3.30. The van der Waals surface area contributed by atoms with Gasteiger partial charge in [0, 0.05) is 0 Å². The molecule has 0 radical (unpaired) electrons. The van der Waals surface area contributed by atoms with Crippen LogP contribution in [0.15, 0.2) is 9.81 Å². The maximum atomic E-state index is 9.53. The van der Waals surface area contributed by atoms with E-state index >= 15 is 0 Å². The topological polar surface area (TPSA) is 37.3 Å². The Morgan fingerprint density at radius 3 is 2.33 bits per heavy atom. The van der Waals surface area contributed by atoms with Crippen LogP contribution in [0, 0.1) is 0 Å². The SMILES string of the molecule is O=C(O)C=[CH][PoH]. The van der Waals surface area contributed by atoms with Gasteiger partial charge in [0.05, 0.1) is 0 Å². The predicted octanol–water partition coefficient (Wildman–Crippen LogP) is -0.514. The van der Waals surface area contributed by atoms with E-state index in [1.165, 1.54) is 0 Å². The van der Waals surface area contributed by atoms with Crippen LogP contribution < -0.4 is 0 Å². The molecule has 0 aromatic carbocycles. The van der Waals surface area contributed by atoms with Gasteiger partial charge in [-0.3, -0.25) is 0 Å². The van der Waals surface area contributed by atoms with Crippen LogP contribution in [0.25, 0.3) is 0 Å². The van der Waals surface area contributed by atoms with Gasteiger partial charge in [0.25, 0.3) is 0 Å². The van der Waals surface area contributed by atoms with Crippen molar-refractivity contribution in [1.29, 1.82) is 0 Å². The number of hydrogen-bond donors (Lipinski definition) is 1. The van der Waals surface area contributed by atoms with Crippen molar-refractivity contribution in [3.8, 4) is 0 Å². The van der Waals surface area contributed by atoms with Crippen LogP contribution in [0.1, 0.15) is 0 Å². The Bertz CT molecular complexity index is 76.9. The minimum atomic E-state index is -0.863. The first-order valence-electron chi connectivity index (χ1n) is 1.31. The number of carboxylic acids is 1. The molecular formula is C3H4O2Po. The van der Waals surface area contributed by atoms with E-state index in [1.54, 1.807) is 3.73 Å². The normalized spacial score (nSPS) is 9.50. The summed E-state index contributed by atoms with van der Waals surface area (Å²) in [5, 5.41) is 7.84. The number of rotatable bonds is 1. The van der Waals surface area contributed by atoms with Crippen LogP contribution in [-0.4, -0.2) is 36.1 Å². The van der Waals surface area contributed by atoms with Crippen LogP contribution in [0.3, 0.4) is 0 Å². The minimum absolute atomic E-state index is 0.863. The summed E-state index contributed by atoms with van der Waals surface area (Å²) in [5.74, 6) is -0.863. The Kier molecular flexibility index (Phi) is 3.36. The van der Waals surface area contributed by atoms with E-state index < -0.39 is 5.97 Å². The first kappa shape index (κ1) is 6.11. The quantitative estimate of drug-likeness (QED) is 0.657. The van der Waals surface area contributed by atoms with Gasteiger partial charge in [-0.15, -0.1) is 0 Å². The van der Waals surface area contributed by atoms with Crippen molar-refractivity contribution in [2.75, 3.05) is 0 Å². The summed E-state index contributed by atoms with van der Waals surface area (Å²) in [6.45, 7) is 0. The van der Waals surface area contributed by atoms with E-state index in [2.05, 4.69) is 0 Å². The van der Waals surface area contributed by atoms with Crippen molar-refractivity contribution in [3.05, 3.63) is 9.81 Å². The second-order valence-corrected chi connectivity index (χ2v) is 1.81. The first-order valence-corrected chi connectivity index (χ1v) is 3.32. The zero-order valence-electron chi connectivity index (χ0n) is 2.96. The summed E-state index contributed by atoms with van der Waals surface area (Å²) < 4.78 is 1.59. The third kappa shape index (κ3) is 4.11. The summed E-state index contributed by atoms with van der Waals surface area (Å²) >= 11 is 0.993. The van der Waals surface area contributed by atoms with E-state index in [9.17, 15) is 4.79 Å². The van der Waals surface area contributed by atoms with Crippen molar-refractivity contribution in [1.82, 2.24) is 0 Å². The maximum absolute atomic E-state index is 9.53. The summed E-state index contributed by atoms with van der Waals surface area (Å²) in [6.07, 6.45) is 1.13. The Morgan fingerprint density at radius 2 is 2.33 bits per heavy atom. The number of carbonyl (C=O) groups is 1. The first-order chi connectivity index (χ1) is 2.77. The van der Waals surface area contributed by atoms with Gasteiger partial charge in [0.15, 0.2) is 0 Å². The third-order valence-corrected chi connectivity index (χ3v) is 0.797. The summed E-state index contributed by atoms with van der Waals surface area (Å²) in [5.41, 5.74) is 0. The van der Waals surface area contributed by atoms with Gasteiger partial charge >= 0.3 is 50.7 Å². The molecule has 0 atom stereocenters. The van der Waals surface area contributed by atoms with Crippen molar-refractivity contribution in [2.24, 2.45) is 0 Å². The summed E-state index contributed by atoms with van der Waals surface area (Å²) in [7, 11) is 0. The molecule has 0 bridgehead atoms. The van der Waals surface area contributed by atoms with E-state index in [-0.39, 0.29) is 0 Å². The molecule has 6 heavy (non-hydrogen) atoms. The Morgan fingerprint density at radius 1 is 1.83 bits per heavy atom. The van der Waals surface area contributed by atoms with Crippen molar-refractivity contribution >= 4 is 31.0 Å². The third-order valence-electron chi connectivity index (χ3n) is 0.217. The van der Waals surface area contributed by atoms with Crippen molar-refractivity contribution in [2.45, 2.75) is 0 Å². The van der Waals surface area contributed by atoms with E-state index in [4.69, 9.17) is 5.11 Å². The van der Waals surface area contributed by atoms with Crippen LogP contribution in [0.2, 0.25) is 0 Å². The van der Waals surface area contributed by atoms with Crippen molar-refractivity contribution in [3.63, 3.8) is 0 Å². The fourth-order valence-electron chi connectivity index (χ4n) is 0.0638. The van der Waals surface area contributed by atoms with Gasteiger partial charge in [-0.05, 0) is 0 Å². The van der Waals surface area contributed by atoms with Gasteiger partial charge in [0.2, 0.25) is 0 Å². The molecule has 0 fully saturated rings. The molecule has 34 valence electrons. The number of carboxylic acid groups (broad SMARTS) is 1. The second-order valence-electron chi connectivity index (χ2n) is 0.654. The van der Waals surface area contributed by atoms with E-state index in [1.807, 2.05) is 0 Å². The molecule has 0 saturated carbocycles. The average Bonchev–Trinajstić information content (AvgIpc) is 1.35. The molecule has 0 aliphatic carbocycles. The van der Waals surface area contributed by atoms with Gasteiger partial charge in [-0.1, -0.05) is 0 Å². The molecule has 1 N–H and O–H groups in total. The monoisotopic (exact) mass is 281 g/mol. The van der Waals surface area contributed by atoms with Crippen molar-refractivity contribution < 1.29 is 9.90 Å². The molecule has 0 aliphatic rings. The predicted molar refractivity (Wildman–Crippen MR) is 23.9 cm³/mol. The molecular weight excluding hydrogens is 277 g/mol. The van der Waals surface area contributed by atoms with Crippen LogP contribution in [0.4, 0.5) is 0 Å².